The van der Waals surface area contributed by atoms with Crippen LogP contribution in [0.4, 0.5) is 10.5 Å². The Bertz CT molecular complexity index is 884. The maximum absolute atomic E-state index is 11.8. The van der Waals surface area contributed by atoms with Crippen LogP contribution in [0.2, 0.25) is 0 Å². The monoisotopic (exact) mass is 342 g/mol. The molecule has 2 amide bonds. The summed E-state index contributed by atoms with van der Waals surface area (Å²) >= 11 is 0. The summed E-state index contributed by atoms with van der Waals surface area (Å²) in [5.41, 5.74) is 3.26. The van der Waals surface area contributed by atoms with E-state index in [9.17, 15) is 14.4 Å². The molecule has 2 N–H and O–H groups in total. The predicted molar refractivity (Wildman–Crippen MR) is 92.0 cm³/mol. The Morgan fingerprint density at radius 1 is 1.36 bits per heavy atom. The number of rotatable bonds is 3. The van der Waals surface area contributed by atoms with E-state index >= 15 is 0 Å². The summed E-state index contributed by atoms with van der Waals surface area (Å²) < 4.78 is 4.59. The van der Waals surface area contributed by atoms with Crippen LogP contribution in [0.1, 0.15) is 18.9 Å². The Balaban J connectivity index is 1.86. The van der Waals surface area contributed by atoms with Crippen LogP contribution in [0.25, 0.3) is 16.6 Å². The average molecular weight is 342 g/mol. The fourth-order valence-electron chi connectivity index (χ4n) is 2.83. The van der Waals surface area contributed by atoms with Gasteiger partial charge in [-0.25, -0.2) is 9.78 Å². The van der Waals surface area contributed by atoms with E-state index in [-0.39, 0.29) is 0 Å². The van der Waals surface area contributed by atoms with Crippen molar-refractivity contribution in [3.63, 3.8) is 0 Å². The molecule has 2 aromatic rings. The maximum Gasteiger partial charge on any atom is 0.411 e. The van der Waals surface area contributed by atoms with Crippen LogP contribution in [0, 0.1) is 0 Å². The molecule has 8 nitrogen and oxygen atoms in total. The Labute approximate surface area is 143 Å². The van der Waals surface area contributed by atoms with Gasteiger partial charge in [0.25, 0.3) is 5.91 Å². The minimum absolute atomic E-state index is 0.397. The van der Waals surface area contributed by atoms with Crippen molar-refractivity contribution in [2.24, 2.45) is 0 Å². The SMILES string of the molecule is COC(=O)Nc1cnc2[nH]cc(C3=CCN(C(=O)C(C)=O)CC3)c2c1. The van der Waals surface area contributed by atoms with Gasteiger partial charge >= 0.3 is 6.09 Å². The first-order valence-electron chi connectivity index (χ1n) is 7.81. The van der Waals surface area contributed by atoms with Crippen LogP contribution >= 0.6 is 0 Å². The highest BCUT2D eigenvalue weighted by atomic mass is 16.5. The summed E-state index contributed by atoms with van der Waals surface area (Å²) in [4.78, 5) is 43.2. The third-order valence-electron chi connectivity index (χ3n) is 4.11. The van der Waals surface area contributed by atoms with Crippen LogP contribution in [-0.2, 0) is 14.3 Å². The normalized spacial score (nSPS) is 14.2. The van der Waals surface area contributed by atoms with Crippen molar-refractivity contribution < 1.29 is 19.1 Å². The van der Waals surface area contributed by atoms with Gasteiger partial charge in [0, 0.05) is 37.2 Å². The van der Waals surface area contributed by atoms with Crippen LogP contribution in [0.5, 0.6) is 0 Å². The average Bonchev–Trinajstić information content (AvgIpc) is 3.04. The number of hydrogen-bond acceptors (Lipinski definition) is 5. The second-order valence-electron chi connectivity index (χ2n) is 5.73. The number of ketones is 1. The quantitative estimate of drug-likeness (QED) is 0.830. The maximum atomic E-state index is 11.8. The number of hydrogen-bond donors (Lipinski definition) is 2. The van der Waals surface area contributed by atoms with E-state index in [1.54, 1.807) is 6.20 Å². The molecule has 25 heavy (non-hydrogen) atoms. The van der Waals surface area contributed by atoms with Crippen LogP contribution in [0.3, 0.4) is 0 Å². The number of aromatic nitrogens is 2. The van der Waals surface area contributed by atoms with Crippen LogP contribution in [0.15, 0.2) is 24.5 Å². The first-order chi connectivity index (χ1) is 12.0. The second-order valence-corrected chi connectivity index (χ2v) is 5.73. The van der Waals surface area contributed by atoms with Gasteiger partial charge < -0.3 is 14.6 Å². The van der Waals surface area contributed by atoms with E-state index in [4.69, 9.17) is 0 Å². The number of anilines is 1. The number of carbonyl (C=O) groups excluding carboxylic acids is 3. The Morgan fingerprint density at radius 3 is 2.80 bits per heavy atom. The van der Waals surface area contributed by atoms with E-state index in [1.807, 2.05) is 18.3 Å². The van der Waals surface area contributed by atoms with Gasteiger partial charge in [-0.05, 0) is 18.1 Å². The minimum atomic E-state index is -0.562. The van der Waals surface area contributed by atoms with Crippen molar-refractivity contribution in [3.8, 4) is 0 Å². The highest BCUT2D eigenvalue weighted by molar-refractivity contribution is 6.35. The molecule has 0 aromatic carbocycles. The van der Waals surface area contributed by atoms with Gasteiger partial charge in [0.05, 0.1) is 19.0 Å². The largest absolute Gasteiger partial charge is 0.453 e. The number of carbonyl (C=O) groups is 3. The summed E-state index contributed by atoms with van der Waals surface area (Å²) in [6.45, 7) is 2.17. The molecular weight excluding hydrogens is 324 g/mol. The lowest BCUT2D eigenvalue weighted by molar-refractivity contribution is -0.143. The topological polar surface area (TPSA) is 104 Å². The number of H-pyrrole nitrogens is 1. The molecule has 0 saturated carbocycles. The van der Waals surface area contributed by atoms with Crippen molar-refractivity contribution in [1.82, 2.24) is 14.9 Å². The summed E-state index contributed by atoms with van der Waals surface area (Å²) in [5, 5.41) is 3.46. The number of pyridine rings is 1. The van der Waals surface area contributed by atoms with Gasteiger partial charge in [-0.2, -0.15) is 0 Å². The number of methoxy groups -OCH3 is 1. The molecule has 0 saturated heterocycles. The number of nitrogens with one attached hydrogen (secondary N) is 2. The van der Waals surface area contributed by atoms with Crippen molar-refractivity contribution in [3.05, 3.63) is 30.1 Å². The van der Waals surface area contributed by atoms with E-state index in [0.29, 0.717) is 30.8 Å². The number of nitrogens with zero attached hydrogens (tertiary/aromatic N) is 2. The molecule has 0 bridgehead atoms. The van der Waals surface area contributed by atoms with Gasteiger partial charge in [-0.15, -0.1) is 0 Å². The summed E-state index contributed by atoms with van der Waals surface area (Å²) in [5.74, 6) is -0.910. The molecular formula is C17H18N4O4. The fraction of sp³-hybridized carbons (Fsp3) is 0.294. The molecule has 130 valence electrons. The molecule has 0 unspecified atom stereocenters. The fourth-order valence-corrected chi connectivity index (χ4v) is 2.83. The van der Waals surface area contributed by atoms with E-state index in [0.717, 1.165) is 16.5 Å². The predicted octanol–water partition coefficient (Wildman–Crippen LogP) is 1.95. The first kappa shape index (κ1) is 16.7. The number of amides is 2. The minimum Gasteiger partial charge on any atom is -0.453 e. The second kappa shape index (κ2) is 6.76. The molecule has 0 atom stereocenters. The number of fused-ring (bicyclic) bond motifs is 1. The lowest BCUT2D eigenvalue weighted by Crippen LogP contribution is -2.38. The molecule has 0 radical (unpaired) electrons. The van der Waals surface area contributed by atoms with Crippen molar-refractivity contribution in [1.29, 1.82) is 0 Å². The molecule has 3 rings (SSSR count). The zero-order chi connectivity index (χ0) is 18.0. The summed E-state index contributed by atoms with van der Waals surface area (Å²) in [6, 6.07) is 1.82. The summed E-state index contributed by atoms with van der Waals surface area (Å²) in [6.07, 6.45) is 5.41. The lowest BCUT2D eigenvalue weighted by Gasteiger charge is -2.25. The third-order valence-corrected chi connectivity index (χ3v) is 4.11. The number of ether oxygens (including phenoxy) is 1. The first-order valence-corrected chi connectivity index (χ1v) is 7.81. The Hall–Kier alpha value is -3.16. The van der Waals surface area contributed by atoms with Crippen molar-refractivity contribution >= 4 is 40.1 Å². The van der Waals surface area contributed by atoms with Gasteiger partial charge in [-0.3, -0.25) is 14.9 Å². The Kier molecular flexibility index (Phi) is 4.51. The van der Waals surface area contributed by atoms with Crippen LogP contribution in [-0.4, -0.2) is 52.9 Å². The smallest absolute Gasteiger partial charge is 0.411 e. The molecule has 0 aliphatic carbocycles. The molecule has 0 fully saturated rings. The Morgan fingerprint density at radius 2 is 2.16 bits per heavy atom. The van der Waals surface area contributed by atoms with Crippen molar-refractivity contribution in [2.75, 3.05) is 25.5 Å². The molecule has 2 aromatic heterocycles. The van der Waals surface area contributed by atoms with Gasteiger partial charge in [-0.1, -0.05) is 6.08 Å². The molecule has 1 aliphatic rings. The third kappa shape index (κ3) is 3.37. The standard InChI is InChI=1S/C17H18N4O4/c1-10(22)16(23)21-5-3-11(4-6-21)14-9-19-15-13(14)7-12(8-18-15)20-17(24)25-2/h3,7-9H,4-6H2,1-2H3,(H,18,19)(H,20,24). The van der Waals surface area contributed by atoms with Crippen LogP contribution < -0.4 is 5.32 Å². The van der Waals surface area contributed by atoms with Gasteiger partial charge in [0.2, 0.25) is 5.78 Å². The lowest BCUT2D eigenvalue weighted by atomic mass is 9.99. The van der Waals surface area contributed by atoms with E-state index in [1.165, 1.54) is 18.9 Å². The molecule has 1 aliphatic heterocycles. The van der Waals surface area contributed by atoms with Gasteiger partial charge in [0.1, 0.15) is 5.65 Å². The molecule has 0 spiro atoms. The van der Waals surface area contributed by atoms with Gasteiger partial charge in [0.15, 0.2) is 0 Å². The van der Waals surface area contributed by atoms with E-state index in [2.05, 4.69) is 20.0 Å². The molecule has 8 heteroatoms. The number of Topliss-reactive ketones (excluding diaryl/α,β-unsaturated/α-hetero) is 1. The zero-order valence-corrected chi connectivity index (χ0v) is 14.0. The zero-order valence-electron chi connectivity index (χ0n) is 14.0. The highest BCUT2D eigenvalue weighted by Crippen LogP contribution is 2.30. The van der Waals surface area contributed by atoms with E-state index < -0.39 is 17.8 Å². The highest BCUT2D eigenvalue weighted by Gasteiger charge is 2.22. The number of aromatic amines is 1. The van der Waals surface area contributed by atoms with Crippen molar-refractivity contribution in [2.45, 2.75) is 13.3 Å². The molecule has 3 heterocycles. The summed E-state index contributed by atoms with van der Waals surface area (Å²) in [7, 11) is 1.30.